The fourth-order valence-electron chi connectivity index (χ4n) is 2.38. The van der Waals surface area contributed by atoms with Crippen molar-refractivity contribution in [2.75, 3.05) is 25.4 Å². The normalized spacial score (nSPS) is 18.7. The van der Waals surface area contributed by atoms with E-state index in [1.54, 1.807) is 12.3 Å². The van der Waals surface area contributed by atoms with E-state index in [1.165, 1.54) is 6.07 Å². The first kappa shape index (κ1) is 20.5. The molecule has 0 aromatic carbocycles. The Morgan fingerprint density at radius 2 is 2.35 bits per heavy atom. The largest absolute Gasteiger partial charge is 0.357 e. The molecule has 1 unspecified atom stereocenters. The summed E-state index contributed by atoms with van der Waals surface area (Å²) in [6.07, 6.45) is 1.60. The molecular formula is C16H26FIN4S. The average Bonchev–Trinajstić information content (AvgIpc) is 2.53. The van der Waals surface area contributed by atoms with Crippen LogP contribution in [0.15, 0.2) is 23.3 Å². The Balaban J connectivity index is 0.00000264. The third-order valence-corrected chi connectivity index (χ3v) is 5.22. The van der Waals surface area contributed by atoms with Crippen LogP contribution in [0, 0.1) is 11.7 Å². The molecule has 1 fully saturated rings. The maximum Gasteiger partial charge on any atom is 0.194 e. The molecule has 1 saturated heterocycles. The molecule has 1 aromatic rings. The molecule has 0 aliphatic carbocycles. The molecule has 4 nitrogen and oxygen atoms in total. The van der Waals surface area contributed by atoms with Gasteiger partial charge in [0, 0.05) is 36.8 Å². The van der Waals surface area contributed by atoms with Crippen LogP contribution in [0.2, 0.25) is 0 Å². The highest BCUT2D eigenvalue weighted by molar-refractivity contribution is 14.0. The highest BCUT2D eigenvalue weighted by atomic mass is 127. The minimum atomic E-state index is -0.295. The lowest BCUT2D eigenvalue weighted by Gasteiger charge is -2.36. The summed E-state index contributed by atoms with van der Waals surface area (Å²) in [4.78, 5) is 10.9. The molecule has 1 aliphatic heterocycles. The average molecular weight is 452 g/mol. The second-order valence-corrected chi connectivity index (χ2v) is 7.05. The van der Waals surface area contributed by atoms with Gasteiger partial charge in [0.2, 0.25) is 0 Å². The summed E-state index contributed by atoms with van der Waals surface area (Å²) in [5.41, 5.74) is 0.393. The number of aromatic nitrogens is 1. The maximum absolute atomic E-state index is 13.7. The van der Waals surface area contributed by atoms with Crippen LogP contribution in [0.3, 0.4) is 0 Å². The molecule has 0 spiro atoms. The van der Waals surface area contributed by atoms with Crippen molar-refractivity contribution < 1.29 is 4.39 Å². The molecule has 130 valence electrons. The molecule has 0 saturated carbocycles. The quantitative estimate of drug-likeness (QED) is 0.432. The van der Waals surface area contributed by atoms with E-state index in [-0.39, 0.29) is 36.3 Å². The van der Waals surface area contributed by atoms with Gasteiger partial charge in [0.1, 0.15) is 5.82 Å². The van der Waals surface area contributed by atoms with Crippen molar-refractivity contribution in [2.24, 2.45) is 10.9 Å². The van der Waals surface area contributed by atoms with Gasteiger partial charge in [-0.3, -0.25) is 4.98 Å². The van der Waals surface area contributed by atoms with Gasteiger partial charge in [-0.2, -0.15) is 11.8 Å². The zero-order valence-electron chi connectivity index (χ0n) is 14.0. The third kappa shape index (κ3) is 6.10. The smallest absolute Gasteiger partial charge is 0.194 e. The molecule has 0 amide bonds. The van der Waals surface area contributed by atoms with Gasteiger partial charge in [-0.15, -0.1) is 24.0 Å². The Kier molecular flexibility index (Phi) is 9.19. The second-order valence-electron chi connectivity index (χ2n) is 5.70. The first-order valence-electron chi connectivity index (χ1n) is 7.86. The molecule has 23 heavy (non-hydrogen) atoms. The number of guanidine groups is 1. The molecule has 1 N–H and O–H groups in total. The molecule has 1 aromatic heterocycles. The third-order valence-electron chi connectivity index (χ3n) is 3.68. The predicted molar refractivity (Wildman–Crippen MR) is 107 cm³/mol. The first-order valence-corrected chi connectivity index (χ1v) is 8.91. The van der Waals surface area contributed by atoms with Crippen LogP contribution in [-0.4, -0.2) is 46.5 Å². The molecule has 1 atom stereocenters. The highest BCUT2D eigenvalue weighted by Crippen LogP contribution is 2.24. The van der Waals surface area contributed by atoms with Gasteiger partial charge in [-0.05, 0) is 25.0 Å². The van der Waals surface area contributed by atoms with E-state index >= 15 is 0 Å². The van der Waals surface area contributed by atoms with Crippen LogP contribution in [0.25, 0.3) is 0 Å². The molecular weight excluding hydrogens is 426 g/mol. The van der Waals surface area contributed by atoms with Crippen LogP contribution >= 0.6 is 35.7 Å². The minimum Gasteiger partial charge on any atom is -0.357 e. The Labute approximate surface area is 159 Å². The van der Waals surface area contributed by atoms with Crippen LogP contribution < -0.4 is 5.32 Å². The van der Waals surface area contributed by atoms with Gasteiger partial charge in [0.25, 0.3) is 0 Å². The lowest BCUT2D eigenvalue weighted by molar-refractivity contribution is 0.380. The Morgan fingerprint density at radius 3 is 3.00 bits per heavy atom. The summed E-state index contributed by atoms with van der Waals surface area (Å²) in [5, 5.41) is 3.93. The Hall–Kier alpha value is -0.570. The highest BCUT2D eigenvalue weighted by Gasteiger charge is 2.24. The summed E-state index contributed by atoms with van der Waals surface area (Å²) < 4.78 is 13.7. The lowest BCUT2D eigenvalue weighted by Crippen LogP contribution is -2.49. The maximum atomic E-state index is 13.7. The standard InChI is InChI=1S/C16H25FN4S.HI/c1-4-18-16(20-10-14-13(17)6-5-7-19-14)21-8-9-22-15(11-21)12(2)3;/h5-7,12,15H,4,8-11H2,1-3H3,(H,18,20);1H. The van der Waals surface area contributed by atoms with Gasteiger partial charge in [-0.25, -0.2) is 9.38 Å². The van der Waals surface area contributed by atoms with Gasteiger partial charge < -0.3 is 10.2 Å². The number of rotatable bonds is 4. The Morgan fingerprint density at radius 1 is 1.57 bits per heavy atom. The fraction of sp³-hybridized carbons (Fsp3) is 0.625. The van der Waals surface area contributed by atoms with Crippen LogP contribution in [0.4, 0.5) is 4.39 Å². The van der Waals surface area contributed by atoms with Crippen molar-refractivity contribution in [3.8, 4) is 0 Å². The number of hydrogen-bond donors (Lipinski definition) is 1. The van der Waals surface area contributed by atoms with E-state index in [0.29, 0.717) is 16.9 Å². The number of hydrogen-bond acceptors (Lipinski definition) is 3. The number of aliphatic imine (C=N–C) groups is 1. The van der Waals surface area contributed by atoms with Gasteiger partial charge in [0.05, 0.1) is 12.2 Å². The van der Waals surface area contributed by atoms with Crippen LogP contribution in [0.1, 0.15) is 26.5 Å². The van der Waals surface area contributed by atoms with Crippen molar-refractivity contribution in [2.45, 2.75) is 32.6 Å². The van der Waals surface area contributed by atoms with Crippen molar-refractivity contribution >= 4 is 41.7 Å². The molecule has 0 bridgehead atoms. The molecule has 2 rings (SSSR count). The zero-order valence-corrected chi connectivity index (χ0v) is 17.1. The number of thioether (sulfide) groups is 1. The monoisotopic (exact) mass is 452 g/mol. The van der Waals surface area contributed by atoms with Crippen molar-refractivity contribution in [3.05, 3.63) is 29.8 Å². The number of nitrogens with zero attached hydrogens (tertiary/aromatic N) is 3. The van der Waals surface area contributed by atoms with E-state index in [2.05, 4.69) is 41.0 Å². The van der Waals surface area contributed by atoms with Crippen molar-refractivity contribution in [3.63, 3.8) is 0 Å². The summed E-state index contributed by atoms with van der Waals surface area (Å²) in [7, 11) is 0. The van der Waals surface area contributed by atoms with E-state index in [9.17, 15) is 4.39 Å². The van der Waals surface area contributed by atoms with E-state index in [4.69, 9.17) is 0 Å². The van der Waals surface area contributed by atoms with Crippen molar-refractivity contribution in [1.82, 2.24) is 15.2 Å². The SMILES string of the molecule is CCNC(=NCc1ncccc1F)N1CCSC(C(C)C)C1.I. The predicted octanol–water partition coefficient (Wildman–Crippen LogP) is 3.38. The summed E-state index contributed by atoms with van der Waals surface area (Å²) in [5.74, 6) is 2.31. The first-order chi connectivity index (χ1) is 10.6. The number of nitrogens with one attached hydrogen (secondary N) is 1. The number of pyridine rings is 1. The molecule has 0 radical (unpaired) electrons. The van der Waals surface area contributed by atoms with E-state index < -0.39 is 0 Å². The summed E-state index contributed by atoms with van der Waals surface area (Å²) >= 11 is 2.03. The fourth-order valence-corrected chi connectivity index (χ4v) is 3.68. The van der Waals surface area contributed by atoms with Gasteiger partial charge in [-0.1, -0.05) is 13.8 Å². The van der Waals surface area contributed by atoms with Gasteiger partial charge in [0.15, 0.2) is 5.96 Å². The topological polar surface area (TPSA) is 40.5 Å². The van der Waals surface area contributed by atoms with Crippen LogP contribution in [-0.2, 0) is 6.54 Å². The van der Waals surface area contributed by atoms with E-state index in [1.807, 2.05) is 11.8 Å². The number of halogens is 2. The Bertz CT molecular complexity index is 513. The van der Waals surface area contributed by atoms with Gasteiger partial charge >= 0.3 is 0 Å². The van der Waals surface area contributed by atoms with E-state index in [0.717, 1.165) is 31.3 Å². The molecule has 7 heteroatoms. The summed E-state index contributed by atoms with van der Waals surface area (Å²) in [6, 6.07) is 3.03. The summed E-state index contributed by atoms with van der Waals surface area (Å²) in [6.45, 7) is 9.60. The van der Waals surface area contributed by atoms with Crippen molar-refractivity contribution in [1.29, 1.82) is 0 Å². The zero-order chi connectivity index (χ0) is 15.9. The molecule has 2 heterocycles. The minimum absolute atomic E-state index is 0. The second kappa shape index (κ2) is 10.3. The van der Waals surface area contributed by atoms with Crippen LogP contribution in [0.5, 0.6) is 0 Å². The molecule has 1 aliphatic rings. The lowest BCUT2D eigenvalue weighted by atomic mass is 10.1.